The minimum absolute atomic E-state index is 0.0405. The van der Waals surface area contributed by atoms with Gasteiger partial charge in [0.15, 0.2) is 6.10 Å². The van der Waals surface area contributed by atoms with E-state index in [2.05, 4.69) is 208 Å². The van der Waals surface area contributed by atoms with Crippen LogP contribution in [0.1, 0.15) is 258 Å². The average Bonchev–Trinajstić information content (AvgIpc) is 3.68. The second-order valence-electron chi connectivity index (χ2n) is 22.3. The summed E-state index contributed by atoms with van der Waals surface area (Å²) in [5, 5.41) is 0. The van der Waals surface area contributed by atoms with Gasteiger partial charge in [0.25, 0.3) is 0 Å². The van der Waals surface area contributed by atoms with Crippen molar-refractivity contribution in [2.75, 3.05) is 26.4 Å². The Morgan fingerprint density at radius 2 is 0.584 bits per heavy atom. The van der Waals surface area contributed by atoms with Crippen LogP contribution in [-0.4, -0.2) is 49.3 Å². The maximum atomic E-state index is 12.8. The van der Waals surface area contributed by atoms with Crippen LogP contribution in [0.3, 0.4) is 0 Å². The molecule has 2 atom stereocenters. The van der Waals surface area contributed by atoms with Gasteiger partial charge in [0.05, 0.1) is 13.2 Å². The van der Waals surface area contributed by atoms with Gasteiger partial charge in [-0.15, -0.1) is 0 Å². The Bertz CT molecular complexity index is 2160. The molecule has 0 radical (unpaired) electrons. The first-order chi connectivity index (χ1) is 43.8. The Balaban J connectivity index is 4.02. The summed E-state index contributed by atoms with van der Waals surface area (Å²) >= 11 is 0. The molecule has 0 heterocycles. The number of phosphoric ester groups is 1. The lowest BCUT2D eigenvalue weighted by Gasteiger charge is -2.19. The highest BCUT2D eigenvalue weighted by Gasteiger charge is 2.26. The van der Waals surface area contributed by atoms with Gasteiger partial charge in [-0.1, -0.05) is 298 Å². The zero-order valence-electron chi connectivity index (χ0n) is 56.1. The number of ether oxygens (including phenoxy) is 2. The summed E-state index contributed by atoms with van der Waals surface area (Å²) in [4.78, 5) is 35.4. The predicted molar refractivity (Wildman–Crippen MR) is 385 cm³/mol. The van der Waals surface area contributed by atoms with Gasteiger partial charge in [0, 0.05) is 19.4 Å². The molecule has 0 rings (SSSR count). The molecular formula is C79H126NO8P. The number of hydrogen-bond acceptors (Lipinski definition) is 8. The van der Waals surface area contributed by atoms with E-state index in [1.165, 1.54) is 57.8 Å². The molecule has 0 aromatic heterocycles. The van der Waals surface area contributed by atoms with Gasteiger partial charge in [-0.05, 0) is 141 Å². The summed E-state index contributed by atoms with van der Waals surface area (Å²) in [7, 11) is -4.41. The molecule has 500 valence electrons. The van der Waals surface area contributed by atoms with Gasteiger partial charge in [-0.2, -0.15) is 0 Å². The molecule has 0 saturated carbocycles. The molecule has 0 aliphatic rings. The fourth-order valence-corrected chi connectivity index (χ4v) is 9.67. The molecule has 0 fully saturated rings. The van der Waals surface area contributed by atoms with Crippen molar-refractivity contribution in [2.24, 2.45) is 5.73 Å². The fourth-order valence-electron chi connectivity index (χ4n) is 8.90. The third kappa shape index (κ3) is 71.8. The summed E-state index contributed by atoms with van der Waals surface area (Å²) < 4.78 is 33.2. The van der Waals surface area contributed by atoms with E-state index in [4.69, 9.17) is 24.3 Å². The van der Waals surface area contributed by atoms with Gasteiger partial charge in [-0.25, -0.2) is 4.57 Å². The summed E-state index contributed by atoms with van der Waals surface area (Å²) in [5.41, 5.74) is 5.40. The van der Waals surface area contributed by atoms with Gasteiger partial charge < -0.3 is 20.1 Å². The summed E-state index contributed by atoms with van der Waals surface area (Å²) in [6.45, 7) is 3.48. The number of allylic oxidation sites excluding steroid dienone is 32. The van der Waals surface area contributed by atoms with E-state index in [1.54, 1.807) is 0 Å². The molecule has 0 spiro atoms. The number of hydrogen-bond donors (Lipinski definition) is 2. The number of esters is 2. The van der Waals surface area contributed by atoms with E-state index in [-0.39, 0.29) is 32.6 Å². The average molecular weight is 1250 g/mol. The molecule has 3 N–H and O–H groups in total. The van der Waals surface area contributed by atoms with Crippen molar-refractivity contribution >= 4 is 19.8 Å². The first-order valence-corrected chi connectivity index (χ1v) is 36.4. The van der Waals surface area contributed by atoms with Crippen LogP contribution in [0.2, 0.25) is 0 Å². The molecular weight excluding hydrogens is 1120 g/mol. The van der Waals surface area contributed by atoms with E-state index in [1.807, 2.05) is 0 Å². The van der Waals surface area contributed by atoms with Crippen molar-refractivity contribution < 1.29 is 37.6 Å². The van der Waals surface area contributed by atoms with Gasteiger partial charge in [0.1, 0.15) is 6.61 Å². The molecule has 0 aliphatic carbocycles. The molecule has 89 heavy (non-hydrogen) atoms. The second-order valence-corrected chi connectivity index (χ2v) is 23.7. The zero-order valence-corrected chi connectivity index (χ0v) is 57.0. The molecule has 9 nitrogen and oxygen atoms in total. The Labute approximate surface area is 545 Å². The van der Waals surface area contributed by atoms with Crippen LogP contribution < -0.4 is 5.73 Å². The molecule has 0 amide bonds. The first kappa shape index (κ1) is 83.8. The van der Waals surface area contributed by atoms with E-state index in [0.717, 1.165) is 167 Å². The van der Waals surface area contributed by atoms with E-state index in [0.29, 0.717) is 6.42 Å². The van der Waals surface area contributed by atoms with Crippen molar-refractivity contribution in [3.05, 3.63) is 194 Å². The second kappa shape index (κ2) is 71.9. The minimum atomic E-state index is -4.41. The number of phosphoric acid groups is 1. The van der Waals surface area contributed by atoms with Crippen LogP contribution in [0, 0.1) is 0 Å². The molecule has 0 aromatic carbocycles. The molecule has 2 unspecified atom stereocenters. The minimum Gasteiger partial charge on any atom is -0.462 e. The smallest absolute Gasteiger partial charge is 0.462 e. The Morgan fingerprint density at radius 3 is 0.865 bits per heavy atom. The lowest BCUT2D eigenvalue weighted by atomic mass is 10.0. The SMILES string of the molecule is CC/C=C\C/C=C\C/C=C\C/C=C\C/C=C\C/C=C\C/C=C\C/C=C\C/C=C\C/C=C\CCCCCCCCC(=O)OC(COC(=O)CCCCCCCCCCCCCC/C=C\C/C=C\C/C=C\C/C=C\C/C=C\C/C=C\CC)COP(=O)(O)OCCN. The monoisotopic (exact) mass is 1250 g/mol. The first-order valence-electron chi connectivity index (χ1n) is 34.9. The van der Waals surface area contributed by atoms with Crippen molar-refractivity contribution in [1.29, 1.82) is 0 Å². The van der Waals surface area contributed by atoms with Gasteiger partial charge >= 0.3 is 19.8 Å². The number of rotatable bonds is 63. The Morgan fingerprint density at radius 1 is 0.337 bits per heavy atom. The largest absolute Gasteiger partial charge is 0.472 e. The Kier molecular flexibility index (Phi) is 67.8. The highest BCUT2D eigenvalue weighted by atomic mass is 31.2. The third-order valence-electron chi connectivity index (χ3n) is 14.0. The standard InChI is InChI=1S/C79H126NO8P/c1-3-5-7-9-11-13-15-17-19-21-23-25-27-29-31-33-35-36-37-38-39-40-42-44-46-48-50-52-54-56-58-60-62-64-66-68-70-72-79(82)88-77(76-87-89(83,84)86-74-73-80)75-85-78(81)71-69-67-65-63-61-59-57-55-53-51-49-47-45-43-41-34-32-30-28-26-24-22-20-18-16-14-12-10-8-6-4-2/h5-8,11-14,17-20,23-26,29-32,35-36,38-39,41-44,48,50,54,56,77H,3-4,9-10,15-16,21-22,27-28,33-34,37,40,45-47,49,51-53,55,57-76,80H2,1-2H3,(H,83,84)/b7-5-,8-6-,13-11-,14-12-,19-17-,20-18-,25-23-,26-24-,31-29-,32-30-,36-35-,39-38-,43-41-,44-42-,50-48-,56-54-. The fraction of sp³-hybridized carbons (Fsp3) is 0.570. The zero-order chi connectivity index (χ0) is 64.4. The predicted octanol–water partition coefficient (Wildman–Crippen LogP) is 23.3. The maximum Gasteiger partial charge on any atom is 0.472 e. The van der Waals surface area contributed by atoms with E-state index < -0.39 is 32.5 Å². The van der Waals surface area contributed by atoms with Crippen LogP contribution in [-0.2, 0) is 32.7 Å². The lowest BCUT2D eigenvalue weighted by Crippen LogP contribution is -2.29. The highest BCUT2D eigenvalue weighted by molar-refractivity contribution is 7.47. The maximum absolute atomic E-state index is 12.8. The number of carbonyl (C=O) groups is 2. The van der Waals surface area contributed by atoms with E-state index >= 15 is 0 Å². The van der Waals surface area contributed by atoms with Crippen LogP contribution in [0.5, 0.6) is 0 Å². The Hall–Kier alpha value is -5.15. The van der Waals surface area contributed by atoms with Crippen molar-refractivity contribution in [3.63, 3.8) is 0 Å². The van der Waals surface area contributed by atoms with Crippen molar-refractivity contribution in [3.8, 4) is 0 Å². The number of carbonyl (C=O) groups excluding carboxylic acids is 2. The van der Waals surface area contributed by atoms with Gasteiger partial charge in [0.2, 0.25) is 0 Å². The quantitative estimate of drug-likeness (QED) is 0.0264. The highest BCUT2D eigenvalue weighted by Crippen LogP contribution is 2.43. The van der Waals surface area contributed by atoms with Crippen LogP contribution in [0.25, 0.3) is 0 Å². The number of nitrogens with two attached hydrogens (primary N) is 1. The number of unbranched alkanes of at least 4 members (excludes halogenated alkanes) is 18. The lowest BCUT2D eigenvalue weighted by molar-refractivity contribution is -0.161. The van der Waals surface area contributed by atoms with Crippen molar-refractivity contribution in [2.45, 2.75) is 264 Å². The molecule has 0 aromatic rings. The van der Waals surface area contributed by atoms with Gasteiger partial charge in [-0.3, -0.25) is 18.6 Å². The van der Waals surface area contributed by atoms with Crippen molar-refractivity contribution in [1.82, 2.24) is 0 Å². The topological polar surface area (TPSA) is 134 Å². The van der Waals surface area contributed by atoms with Crippen LogP contribution in [0.15, 0.2) is 194 Å². The summed E-state index contributed by atoms with van der Waals surface area (Å²) in [5.74, 6) is -0.858. The normalized spacial score (nSPS) is 14.2. The summed E-state index contributed by atoms with van der Waals surface area (Å²) in [6.07, 6.45) is 109. The van der Waals surface area contributed by atoms with Crippen LogP contribution in [0.4, 0.5) is 0 Å². The molecule has 0 aliphatic heterocycles. The molecule has 10 heteroatoms. The third-order valence-corrected chi connectivity index (χ3v) is 15.0. The van der Waals surface area contributed by atoms with E-state index in [9.17, 15) is 19.0 Å². The van der Waals surface area contributed by atoms with Crippen LogP contribution >= 0.6 is 7.82 Å². The molecule has 0 bridgehead atoms. The summed E-state index contributed by atoms with van der Waals surface area (Å²) in [6, 6.07) is 0. The molecule has 0 saturated heterocycles.